The van der Waals surface area contributed by atoms with Gasteiger partial charge in [0.1, 0.15) is 5.75 Å². The van der Waals surface area contributed by atoms with Crippen LogP contribution in [0.3, 0.4) is 0 Å². The highest BCUT2D eigenvalue weighted by Gasteiger charge is 2.34. The van der Waals surface area contributed by atoms with Crippen molar-refractivity contribution in [1.82, 2.24) is 9.62 Å². The van der Waals surface area contributed by atoms with Gasteiger partial charge in [0.25, 0.3) is 5.91 Å². The number of sulfonamides is 1. The molecule has 2 aliphatic heterocycles. The van der Waals surface area contributed by atoms with E-state index in [0.717, 1.165) is 25.7 Å². The molecule has 2 fully saturated rings. The third-order valence-electron chi connectivity index (χ3n) is 6.30. The smallest absolute Gasteiger partial charge is 0.262 e. The Morgan fingerprint density at radius 1 is 1.13 bits per heavy atom. The highest BCUT2D eigenvalue weighted by molar-refractivity contribution is 7.89. The summed E-state index contributed by atoms with van der Waals surface area (Å²) in [7, 11) is -3.71. The molecule has 9 heteroatoms. The van der Waals surface area contributed by atoms with Gasteiger partial charge in [-0.15, -0.1) is 0 Å². The van der Waals surface area contributed by atoms with Crippen molar-refractivity contribution in [3.63, 3.8) is 0 Å². The summed E-state index contributed by atoms with van der Waals surface area (Å²) in [5, 5.41) is 5.86. The summed E-state index contributed by atoms with van der Waals surface area (Å²) in [4.78, 5) is 24.3. The van der Waals surface area contributed by atoms with Crippen LogP contribution in [-0.2, 0) is 19.6 Å². The Morgan fingerprint density at radius 3 is 2.53 bits per heavy atom. The molecule has 0 bridgehead atoms. The van der Waals surface area contributed by atoms with Crippen molar-refractivity contribution in [3.8, 4) is 5.75 Å². The lowest BCUT2D eigenvalue weighted by Gasteiger charge is -2.32. The molecule has 0 spiro atoms. The Kier molecular flexibility index (Phi) is 6.02. The van der Waals surface area contributed by atoms with Gasteiger partial charge in [0, 0.05) is 31.1 Å². The summed E-state index contributed by atoms with van der Waals surface area (Å²) in [6.45, 7) is 2.22. The molecular weight excluding hydrogens is 406 g/mol. The van der Waals surface area contributed by atoms with E-state index < -0.39 is 10.0 Å². The molecule has 4 rings (SSSR count). The van der Waals surface area contributed by atoms with Gasteiger partial charge in [-0.05, 0) is 44.2 Å². The summed E-state index contributed by atoms with van der Waals surface area (Å²) in [5.74, 6) is 0.0289. The maximum atomic E-state index is 13.2. The molecule has 8 nitrogen and oxygen atoms in total. The van der Waals surface area contributed by atoms with Crippen LogP contribution in [0.5, 0.6) is 5.75 Å². The first-order valence-electron chi connectivity index (χ1n) is 10.7. The Hall–Kier alpha value is -2.13. The van der Waals surface area contributed by atoms with E-state index in [-0.39, 0.29) is 35.3 Å². The Morgan fingerprint density at radius 2 is 1.83 bits per heavy atom. The maximum Gasteiger partial charge on any atom is 0.262 e. The number of fused-ring (bicyclic) bond motifs is 1. The van der Waals surface area contributed by atoms with Crippen molar-refractivity contribution < 1.29 is 22.7 Å². The molecule has 0 aromatic heterocycles. The minimum Gasteiger partial charge on any atom is -0.482 e. The zero-order chi connectivity index (χ0) is 21.3. The number of hydrogen-bond acceptors (Lipinski definition) is 5. The zero-order valence-electron chi connectivity index (χ0n) is 17.3. The predicted octanol–water partition coefficient (Wildman–Crippen LogP) is 2.18. The number of aryl methyl sites for hydroxylation is 1. The normalized spacial score (nSPS) is 21.4. The van der Waals surface area contributed by atoms with Crippen LogP contribution < -0.4 is 15.4 Å². The summed E-state index contributed by atoms with van der Waals surface area (Å²) < 4.78 is 33.3. The molecule has 164 valence electrons. The minimum atomic E-state index is -3.71. The fourth-order valence-electron chi connectivity index (χ4n) is 4.56. The van der Waals surface area contributed by atoms with Crippen LogP contribution >= 0.6 is 0 Å². The lowest BCUT2D eigenvalue weighted by Crippen LogP contribution is -2.45. The van der Waals surface area contributed by atoms with Gasteiger partial charge in [0.2, 0.25) is 15.9 Å². The van der Waals surface area contributed by atoms with E-state index in [1.54, 1.807) is 13.0 Å². The molecule has 0 radical (unpaired) electrons. The number of benzene rings is 1. The van der Waals surface area contributed by atoms with Crippen LogP contribution in [0.1, 0.15) is 50.5 Å². The van der Waals surface area contributed by atoms with E-state index in [0.29, 0.717) is 42.9 Å². The first-order chi connectivity index (χ1) is 14.3. The molecular formula is C21H29N3O5S. The van der Waals surface area contributed by atoms with Gasteiger partial charge in [0.05, 0.1) is 10.6 Å². The molecule has 1 aliphatic carbocycles. The number of nitrogens with zero attached hydrogens (tertiary/aromatic N) is 1. The molecule has 0 unspecified atom stereocenters. The molecule has 2 amide bonds. The standard InChI is InChI=1S/C21H29N3O5S/c1-14-11-17-18(29-13-20(25)23-17)12-19(14)30(27,28)24-9-7-15(8-10-24)21(26)22-16-5-3-2-4-6-16/h11-12,15-16H,2-10,13H2,1H3,(H,22,26)(H,23,25). The Bertz CT molecular complexity index is 932. The number of carbonyl (C=O) groups is 2. The van der Waals surface area contributed by atoms with Gasteiger partial charge < -0.3 is 15.4 Å². The number of piperidine rings is 1. The number of nitrogens with one attached hydrogen (secondary N) is 2. The largest absolute Gasteiger partial charge is 0.482 e. The number of hydrogen-bond donors (Lipinski definition) is 2. The summed E-state index contributed by atoms with van der Waals surface area (Å²) in [6, 6.07) is 3.39. The second-order valence-electron chi connectivity index (χ2n) is 8.47. The Balaban J connectivity index is 1.41. The van der Waals surface area contributed by atoms with Crippen molar-refractivity contribution in [2.75, 3.05) is 25.0 Å². The predicted molar refractivity (Wildman–Crippen MR) is 112 cm³/mol. The molecule has 1 saturated carbocycles. The first-order valence-corrected chi connectivity index (χ1v) is 12.2. The SMILES string of the molecule is Cc1cc2c(cc1S(=O)(=O)N1CCC(C(=O)NC3CCCCC3)CC1)OCC(=O)N2. The van der Waals surface area contributed by atoms with Crippen LogP contribution in [0.15, 0.2) is 17.0 Å². The molecule has 30 heavy (non-hydrogen) atoms. The van der Waals surface area contributed by atoms with E-state index in [9.17, 15) is 18.0 Å². The van der Waals surface area contributed by atoms with Gasteiger partial charge in [-0.1, -0.05) is 19.3 Å². The van der Waals surface area contributed by atoms with E-state index >= 15 is 0 Å². The van der Waals surface area contributed by atoms with Crippen molar-refractivity contribution in [2.24, 2.45) is 5.92 Å². The lowest BCUT2D eigenvalue weighted by atomic mass is 9.93. The molecule has 1 saturated heterocycles. The summed E-state index contributed by atoms with van der Waals surface area (Å²) in [5.41, 5.74) is 1.04. The second kappa shape index (κ2) is 8.55. The number of amides is 2. The topological polar surface area (TPSA) is 105 Å². The number of ether oxygens (including phenoxy) is 1. The monoisotopic (exact) mass is 435 g/mol. The van der Waals surface area contributed by atoms with Gasteiger partial charge >= 0.3 is 0 Å². The minimum absolute atomic E-state index is 0.0630. The van der Waals surface area contributed by atoms with Gasteiger partial charge in [-0.2, -0.15) is 4.31 Å². The van der Waals surface area contributed by atoms with E-state index in [1.165, 1.54) is 16.8 Å². The first kappa shape index (κ1) is 21.1. The van der Waals surface area contributed by atoms with E-state index in [4.69, 9.17) is 4.74 Å². The molecule has 3 aliphatic rings. The van der Waals surface area contributed by atoms with Crippen molar-refractivity contribution in [3.05, 3.63) is 17.7 Å². The highest BCUT2D eigenvalue weighted by Crippen LogP contribution is 2.35. The quantitative estimate of drug-likeness (QED) is 0.754. The summed E-state index contributed by atoms with van der Waals surface area (Å²) >= 11 is 0. The Labute approximate surface area is 177 Å². The average Bonchev–Trinajstić information content (AvgIpc) is 2.74. The van der Waals surface area contributed by atoms with Crippen molar-refractivity contribution in [2.45, 2.75) is 62.8 Å². The molecule has 1 aromatic rings. The van der Waals surface area contributed by atoms with Crippen LogP contribution in [-0.4, -0.2) is 50.3 Å². The van der Waals surface area contributed by atoms with Crippen molar-refractivity contribution >= 4 is 27.5 Å². The number of carbonyl (C=O) groups excluding carboxylic acids is 2. The highest BCUT2D eigenvalue weighted by atomic mass is 32.2. The van der Waals surface area contributed by atoms with Gasteiger partial charge in [-0.25, -0.2) is 8.42 Å². The molecule has 2 heterocycles. The van der Waals surface area contributed by atoms with E-state index in [2.05, 4.69) is 10.6 Å². The molecule has 2 N–H and O–H groups in total. The van der Waals surface area contributed by atoms with Crippen LogP contribution in [0.4, 0.5) is 5.69 Å². The lowest BCUT2D eigenvalue weighted by molar-refractivity contribution is -0.127. The summed E-state index contributed by atoms with van der Waals surface area (Å²) in [6.07, 6.45) is 6.69. The third kappa shape index (κ3) is 4.32. The second-order valence-corrected chi connectivity index (χ2v) is 10.4. The fraction of sp³-hybridized carbons (Fsp3) is 0.619. The molecule has 1 aromatic carbocycles. The number of rotatable bonds is 4. The van der Waals surface area contributed by atoms with Gasteiger partial charge in [-0.3, -0.25) is 9.59 Å². The van der Waals surface area contributed by atoms with Crippen LogP contribution in [0.25, 0.3) is 0 Å². The van der Waals surface area contributed by atoms with Crippen LogP contribution in [0.2, 0.25) is 0 Å². The van der Waals surface area contributed by atoms with Gasteiger partial charge in [0.15, 0.2) is 6.61 Å². The average molecular weight is 436 g/mol. The maximum absolute atomic E-state index is 13.2. The third-order valence-corrected chi connectivity index (χ3v) is 8.34. The number of anilines is 1. The van der Waals surface area contributed by atoms with Crippen molar-refractivity contribution in [1.29, 1.82) is 0 Å². The zero-order valence-corrected chi connectivity index (χ0v) is 18.1. The van der Waals surface area contributed by atoms with Crippen LogP contribution in [0, 0.1) is 12.8 Å². The fourth-order valence-corrected chi connectivity index (χ4v) is 6.25. The van der Waals surface area contributed by atoms with E-state index in [1.807, 2.05) is 0 Å². The molecule has 0 atom stereocenters.